The van der Waals surface area contributed by atoms with Gasteiger partial charge in [0.05, 0.1) is 12.5 Å². The van der Waals surface area contributed by atoms with Crippen molar-refractivity contribution in [3.63, 3.8) is 0 Å². The summed E-state index contributed by atoms with van der Waals surface area (Å²) in [6.07, 6.45) is 0.129. The molecule has 0 aromatic heterocycles. The first-order valence-corrected chi connectivity index (χ1v) is 3.76. The molecule has 0 saturated heterocycles. The van der Waals surface area contributed by atoms with Crippen LogP contribution < -0.4 is 5.73 Å². The molecular formula is C9H10ClFN2O. The first-order chi connectivity index (χ1) is 6.15. The van der Waals surface area contributed by atoms with Crippen molar-refractivity contribution >= 4 is 12.4 Å². The maximum atomic E-state index is 12.8. The second-order valence-electron chi connectivity index (χ2n) is 2.68. The second kappa shape index (κ2) is 5.43. The number of aromatic hydroxyl groups is 1. The van der Waals surface area contributed by atoms with E-state index in [1.165, 1.54) is 12.1 Å². The summed E-state index contributed by atoms with van der Waals surface area (Å²) >= 11 is 0. The fourth-order valence-corrected chi connectivity index (χ4v) is 0.970. The van der Waals surface area contributed by atoms with Crippen LogP contribution in [0.4, 0.5) is 4.39 Å². The summed E-state index contributed by atoms with van der Waals surface area (Å²) in [6, 6.07) is 5.25. The molecule has 1 rings (SSSR count). The molecule has 0 aliphatic rings. The zero-order valence-corrected chi connectivity index (χ0v) is 8.09. The van der Waals surface area contributed by atoms with Crippen molar-refractivity contribution in [1.29, 1.82) is 5.26 Å². The zero-order chi connectivity index (χ0) is 9.84. The second-order valence-corrected chi connectivity index (χ2v) is 2.68. The minimum Gasteiger partial charge on any atom is -0.505 e. The molecule has 0 aliphatic carbocycles. The van der Waals surface area contributed by atoms with E-state index in [9.17, 15) is 4.39 Å². The van der Waals surface area contributed by atoms with E-state index >= 15 is 0 Å². The molecule has 3 N–H and O–H groups in total. The van der Waals surface area contributed by atoms with Gasteiger partial charge in [-0.1, -0.05) is 6.07 Å². The number of halogens is 2. The summed E-state index contributed by atoms with van der Waals surface area (Å²) in [4.78, 5) is 0. The van der Waals surface area contributed by atoms with E-state index in [1.807, 2.05) is 6.07 Å². The number of nitrogens with two attached hydrogens (primary N) is 1. The molecule has 0 unspecified atom stereocenters. The van der Waals surface area contributed by atoms with Crippen molar-refractivity contribution in [2.24, 2.45) is 5.73 Å². The van der Waals surface area contributed by atoms with Crippen LogP contribution in [0.5, 0.6) is 5.75 Å². The van der Waals surface area contributed by atoms with Gasteiger partial charge in [0.2, 0.25) is 0 Å². The summed E-state index contributed by atoms with van der Waals surface area (Å²) in [5.74, 6) is -1.13. The topological polar surface area (TPSA) is 70.0 Å². The van der Waals surface area contributed by atoms with Crippen LogP contribution in [0.25, 0.3) is 0 Å². The molecule has 0 saturated carbocycles. The molecule has 1 aromatic carbocycles. The van der Waals surface area contributed by atoms with Gasteiger partial charge in [0, 0.05) is 6.04 Å². The molecule has 0 bridgehead atoms. The number of rotatable bonds is 2. The van der Waals surface area contributed by atoms with Gasteiger partial charge in [-0.05, 0) is 17.7 Å². The maximum absolute atomic E-state index is 12.8. The third-order valence-corrected chi connectivity index (χ3v) is 1.71. The number of phenolic OH excluding ortho intramolecular Hbond substituents is 1. The highest BCUT2D eigenvalue weighted by molar-refractivity contribution is 5.85. The molecule has 1 aromatic rings. The number of benzene rings is 1. The van der Waals surface area contributed by atoms with Crippen LogP contribution in [0.15, 0.2) is 18.2 Å². The first kappa shape index (κ1) is 12.7. The quantitative estimate of drug-likeness (QED) is 0.793. The monoisotopic (exact) mass is 216 g/mol. The smallest absolute Gasteiger partial charge is 0.165 e. The average Bonchev–Trinajstić information content (AvgIpc) is 2.10. The van der Waals surface area contributed by atoms with Crippen LogP contribution in [0, 0.1) is 17.1 Å². The fraction of sp³-hybridized carbons (Fsp3) is 0.222. The lowest BCUT2D eigenvalue weighted by molar-refractivity contribution is 0.431. The highest BCUT2D eigenvalue weighted by Crippen LogP contribution is 2.20. The van der Waals surface area contributed by atoms with Gasteiger partial charge in [0.15, 0.2) is 11.6 Å². The third-order valence-electron chi connectivity index (χ3n) is 1.71. The lowest BCUT2D eigenvalue weighted by Crippen LogP contribution is -2.09. The molecule has 0 aliphatic heterocycles. The number of hydrogen-bond donors (Lipinski definition) is 2. The van der Waals surface area contributed by atoms with Crippen LogP contribution >= 0.6 is 12.4 Å². The largest absolute Gasteiger partial charge is 0.505 e. The van der Waals surface area contributed by atoms with E-state index in [0.29, 0.717) is 5.56 Å². The van der Waals surface area contributed by atoms with E-state index in [1.54, 1.807) is 0 Å². The minimum atomic E-state index is -0.717. The van der Waals surface area contributed by atoms with E-state index < -0.39 is 17.6 Å². The number of phenols is 1. The molecule has 0 radical (unpaired) electrons. The van der Waals surface area contributed by atoms with Gasteiger partial charge >= 0.3 is 0 Å². The SMILES string of the molecule is Cl.N#CC[C@@H](N)c1ccc(O)c(F)c1. The summed E-state index contributed by atoms with van der Waals surface area (Å²) < 4.78 is 12.8. The Bertz CT molecular complexity index is 351. The van der Waals surface area contributed by atoms with Crippen LogP contribution in [-0.4, -0.2) is 5.11 Å². The predicted octanol–water partition coefficient (Wildman–Crippen LogP) is 1.87. The molecule has 0 heterocycles. The number of hydrogen-bond acceptors (Lipinski definition) is 3. The Hall–Kier alpha value is -1.31. The molecule has 1 atom stereocenters. The van der Waals surface area contributed by atoms with Crippen molar-refractivity contribution in [2.75, 3.05) is 0 Å². The highest BCUT2D eigenvalue weighted by Gasteiger charge is 2.08. The van der Waals surface area contributed by atoms with E-state index in [0.717, 1.165) is 6.07 Å². The van der Waals surface area contributed by atoms with Gasteiger partial charge in [-0.3, -0.25) is 0 Å². The van der Waals surface area contributed by atoms with Crippen molar-refractivity contribution in [2.45, 2.75) is 12.5 Å². The van der Waals surface area contributed by atoms with Gasteiger partial charge in [0.1, 0.15) is 0 Å². The number of nitrogens with zero attached hydrogens (tertiary/aromatic N) is 1. The lowest BCUT2D eigenvalue weighted by atomic mass is 10.1. The molecule has 3 nitrogen and oxygen atoms in total. The molecule has 5 heteroatoms. The fourth-order valence-electron chi connectivity index (χ4n) is 0.970. The minimum absolute atomic E-state index is 0. The van der Waals surface area contributed by atoms with Gasteiger partial charge < -0.3 is 10.8 Å². The van der Waals surface area contributed by atoms with E-state index in [-0.39, 0.29) is 18.8 Å². The Morgan fingerprint density at radius 3 is 2.71 bits per heavy atom. The lowest BCUT2D eigenvalue weighted by Gasteiger charge is -2.07. The zero-order valence-electron chi connectivity index (χ0n) is 7.27. The van der Waals surface area contributed by atoms with Crippen LogP contribution in [-0.2, 0) is 0 Å². The Balaban J connectivity index is 0.00000169. The summed E-state index contributed by atoms with van der Waals surface area (Å²) in [7, 11) is 0. The van der Waals surface area contributed by atoms with Crippen molar-refractivity contribution in [3.05, 3.63) is 29.6 Å². The molecule has 0 fully saturated rings. The van der Waals surface area contributed by atoms with Gasteiger partial charge in [-0.25, -0.2) is 4.39 Å². The normalized spacial score (nSPS) is 11.2. The standard InChI is InChI=1S/C9H9FN2O.ClH/c10-7-5-6(1-2-9(7)13)8(12)3-4-11;/h1-2,5,8,13H,3,12H2;1H/t8-;/m1./s1. The first-order valence-electron chi connectivity index (χ1n) is 3.76. The third kappa shape index (κ3) is 2.87. The van der Waals surface area contributed by atoms with Crippen LogP contribution in [0.1, 0.15) is 18.0 Å². The van der Waals surface area contributed by atoms with Gasteiger partial charge in [-0.2, -0.15) is 5.26 Å². The molecule has 76 valence electrons. The Labute approximate surface area is 87.4 Å². The van der Waals surface area contributed by atoms with E-state index in [2.05, 4.69) is 0 Å². The van der Waals surface area contributed by atoms with E-state index in [4.69, 9.17) is 16.1 Å². The van der Waals surface area contributed by atoms with Crippen molar-refractivity contribution < 1.29 is 9.50 Å². The molecule has 14 heavy (non-hydrogen) atoms. The molecule has 0 spiro atoms. The summed E-state index contributed by atoms with van der Waals surface area (Å²) in [5.41, 5.74) is 6.06. The Morgan fingerprint density at radius 1 is 1.57 bits per heavy atom. The van der Waals surface area contributed by atoms with Crippen molar-refractivity contribution in [1.82, 2.24) is 0 Å². The summed E-state index contributed by atoms with van der Waals surface area (Å²) in [6.45, 7) is 0. The Kier molecular flexibility index (Phi) is 4.92. The van der Waals surface area contributed by atoms with Crippen LogP contribution in [0.2, 0.25) is 0 Å². The molecular weight excluding hydrogens is 207 g/mol. The predicted molar refractivity (Wildman–Crippen MR) is 52.5 cm³/mol. The maximum Gasteiger partial charge on any atom is 0.165 e. The van der Waals surface area contributed by atoms with Gasteiger partial charge in [-0.15, -0.1) is 12.4 Å². The Morgan fingerprint density at radius 2 is 2.21 bits per heavy atom. The van der Waals surface area contributed by atoms with Crippen molar-refractivity contribution in [3.8, 4) is 11.8 Å². The molecule has 0 amide bonds. The van der Waals surface area contributed by atoms with Gasteiger partial charge in [0.25, 0.3) is 0 Å². The average molecular weight is 217 g/mol. The highest BCUT2D eigenvalue weighted by atomic mass is 35.5. The summed E-state index contributed by atoms with van der Waals surface area (Å²) in [5, 5.41) is 17.2. The van der Waals surface area contributed by atoms with Crippen LogP contribution in [0.3, 0.4) is 0 Å². The number of nitriles is 1.